The van der Waals surface area contributed by atoms with Gasteiger partial charge in [0.25, 0.3) is 0 Å². The largest absolute Gasteiger partial charge is 0.459 e. The molecule has 6 aromatic rings. The molecular formula is C37H26N2O2. The summed E-state index contributed by atoms with van der Waals surface area (Å²) in [6.45, 7) is 0.360. The lowest BCUT2D eigenvalue weighted by Gasteiger charge is -2.44. The molecular weight excluding hydrogens is 504 g/mol. The Morgan fingerprint density at radius 1 is 0.683 bits per heavy atom. The maximum absolute atomic E-state index is 13.3. The smallest absolute Gasteiger partial charge is 0.326 e. The summed E-state index contributed by atoms with van der Waals surface area (Å²) in [5.41, 5.74) is 9.23. The Labute approximate surface area is 238 Å². The summed E-state index contributed by atoms with van der Waals surface area (Å²) < 4.78 is 5.76. The molecule has 0 N–H and O–H groups in total. The highest BCUT2D eigenvalue weighted by atomic mass is 16.5. The fourth-order valence-electron chi connectivity index (χ4n) is 6.87. The molecule has 5 aromatic carbocycles. The predicted molar refractivity (Wildman–Crippen MR) is 162 cm³/mol. The molecule has 196 valence electrons. The minimum absolute atomic E-state index is 0.110. The molecule has 8 rings (SSSR count). The Bertz CT molecular complexity index is 1920. The van der Waals surface area contributed by atoms with E-state index in [2.05, 4.69) is 89.8 Å². The molecule has 0 fully saturated rings. The first-order valence-electron chi connectivity index (χ1n) is 13.9. The number of aromatic nitrogens is 1. The number of fused-ring (bicyclic) bond motifs is 11. The summed E-state index contributed by atoms with van der Waals surface area (Å²) in [5, 5.41) is 2.30. The summed E-state index contributed by atoms with van der Waals surface area (Å²) in [7, 11) is 0. The molecule has 0 amide bonds. The fraction of sp³-hybridized carbons (Fsp3) is 0.0811. The molecule has 0 radical (unpaired) electrons. The second-order valence-corrected chi connectivity index (χ2v) is 10.6. The molecule has 4 nitrogen and oxygen atoms in total. The lowest BCUT2D eigenvalue weighted by Crippen LogP contribution is -2.39. The van der Waals surface area contributed by atoms with Crippen LogP contribution in [0.2, 0.25) is 0 Å². The summed E-state index contributed by atoms with van der Waals surface area (Å²) in [4.78, 5) is 20.5. The minimum Gasteiger partial charge on any atom is -0.459 e. The van der Waals surface area contributed by atoms with Gasteiger partial charge in [-0.25, -0.2) is 0 Å². The molecule has 1 aromatic heterocycles. The average Bonchev–Trinajstić information content (AvgIpc) is 3.34. The molecule has 1 aliphatic heterocycles. The average molecular weight is 531 g/mol. The number of ether oxygens (including phenoxy) is 1. The molecule has 0 saturated heterocycles. The highest BCUT2D eigenvalue weighted by Crippen LogP contribution is 2.62. The third-order valence-electron chi connectivity index (χ3n) is 8.49. The van der Waals surface area contributed by atoms with Crippen LogP contribution in [0.3, 0.4) is 0 Å². The molecule has 0 saturated carbocycles. The van der Waals surface area contributed by atoms with Gasteiger partial charge >= 0.3 is 5.97 Å². The van der Waals surface area contributed by atoms with E-state index in [1.165, 1.54) is 16.5 Å². The normalized spacial score (nSPS) is 13.8. The Balaban J connectivity index is 1.35. The van der Waals surface area contributed by atoms with Crippen molar-refractivity contribution in [1.29, 1.82) is 0 Å². The fourth-order valence-corrected chi connectivity index (χ4v) is 6.87. The van der Waals surface area contributed by atoms with Crippen LogP contribution in [0, 0.1) is 0 Å². The van der Waals surface area contributed by atoms with Gasteiger partial charge in [-0.1, -0.05) is 115 Å². The molecule has 0 unspecified atom stereocenters. The van der Waals surface area contributed by atoms with Crippen LogP contribution in [0.5, 0.6) is 0 Å². The van der Waals surface area contributed by atoms with Gasteiger partial charge in [0, 0.05) is 34.1 Å². The molecule has 41 heavy (non-hydrogen) atoms. The molecule has 0 atom stereocenters. The number of benzene rings is 5. The molecule has 1 aliphatic carbocycles. The second-order valence-electron chi connectivity index (χ2n) is 10.6. The van der Waals surface area contributed by atoms with E-state index in [1.807, 2.05) is 48.7 Å². The number of pyridine rings is 1. The van der Waals surface area contributed by atoms with Crippen LogP contribution in [0.4, 0.5) is 11.4 Å². The van der Waals surface area contributed by atoms with E-state index >= 15 is 0 Å². The number of para-hydroxylation sites is 2. The number of esters is 1. The van der Waals surface area contributed by atoms with Gasteiger partial charge in [0.05, 0.1) is 11.1 Å². The first-order valence-corrected chi connectivity index (χ1v) is 13.9. The highest BCUT2D eigenvalue weighted by Gasteiger charge is 2.52. The van der Waals surface area contributed by atoms with Crippen molar-refractivity contribution in [3.63, 3.8) is 0 Å². The van der Waals surface area contributed by atoms with Gasteiger partial charge in [-0.15, -0.1) is 0 Å². The Kier molecular flexibility index (Phi) is 5.29. The van der Waals surface area contributed by atoms with Crippen molar-refractivity contribution in [2.45, 2.75) is 12.0 Å². The van der Waals surface area contributed by atoms with Gasteiger partial charge in [0.15, 0.2) is 0 Å². The van der Waals surface area contributed by atoms with Gasteiger partial charge in [-0.2, -0.15) is 0 Å². The summed E-state index contributed by atoms with van der Waals surface area (Å²) in [6, 6.07) is 43.9. The van der Waals surface area contributed by atoms with E-state index in [0.29, 0.717) is 0 Å². The van der Waals surface area contributed by atoms with Crippen molar-refractivity contribution in [2.24, 2.45) is 0 Å². The van der Waals surface area contributed by atoms with Gasteiger partial charge in [0.2, 0.25) is 0 Å². The Morgan fingerprint density at radius 3 is 2.05 bits per heavy atom. The molecule has 2 aliphatic rings. The van der Waals surface area contributed by atoms with E-state index in [0.717, 1.165) is 44.7 Å². The third-order valence-corrected chi connectivity index (χ3v) is 8.49. The van der Waals surface area contributed by atoms with Crippen molar-refractivity contribution in [3.05, 3.63) is 161 Å². The van der Waals surface area contributed by atoms with Crippen LogP contribution >= 0.6 is 0 Å². The van der Waals surface area contributed by atoms with Gasteiger partial charge in [-0.3, -0.25) is 9.78 Å². The number of rotatable bonds is 4. The van der Waals surface area contributed by atoms with E-state index in [1.54, 1.807) is 0 Å². The number of hydrogen-bond donors (Lipinski definition) is 0. The van der Waals surface area contributed by atoms with Crippen LogP contribution in [0.25, 0.3) is 22.0 Å². The van der Waals surface area contributed by atoms with Crippen LogP contribution in [-0.4, -0.2) is 17.5 Å². The van der Waals surface area contributed by atoms with Crippen molar-refractivity contribution < 1.29 is 9.53 Å². The van der Waals surface area contributed by atoms with E-state index in [4.69, 9.17) is 9.72 Å². The van der Waals surface area contributed by atoms with Crippen LogP contribution < -0.4 is 4.90 Å². The first-order chi connectivity index (χ1) is 20.3. The first kappa shape index (κ1) is 23.6. The maximum Gasteiger partial charge on any atom is 0.326 e. The zero-order valence-electron chi connectivity index (χ0n) is 22.3. The number of nitrogens with zero attached hydrogens (tertiary/aromatic N) is 2. The number of anilines is 2. The second kappa shape index (κ2) is 9.17. The quantitative estimate of drug-likeness (QED) is 0.218. The maximum atomic E-state index is 13.3. The van der Waals surface area contributed by atoms with Crippen molar-refractivity contribution in [1.82, 2.24) is 4.98 Å². The Hall–Kier alpha value is -5.22. The zero-order chi connectivity index (χ0) is 27.4. The van der Waals surface area contributed by atoms with Gasteiger partial charge in [0.1, 0.15) is 13.2 Å². The van der Waals surface area contributed by atoms with Crippen molar-refractivity contribution in [2.75, 3.05) is 11.4 Å². The number of hydrogen-bond acceptors (Lipinski definition) is 4. The number of carbonyl (C=O) groups is 1. The van der Waals surface area contributed by atoms with E-state index < -0.39 is 5.41 Å². The molecule has 4 heteroatoms. The lowest BCUT2D eigenvalue weighted by atomic mass is 9.64. The van der Waals surface area contributed by atoms with Gasteiger partial charge in [-0.05, 0) is 39.8 Å². The summed E-state index contributed by atoms with van der Waals surface area (Å²) >= 11 is 0. The van der Waals surface area contributed by atoms with Crippen LogP contribution in [0.1, 0.15) is 27.8 Å². The third kappa shape index (κ3) is 3.40. The Morgan fingerprint density at radius 2 is 1.29 bits per heavy atom. The standard InChI is InChI=1S/C37H26N2O2/c40-34(41-24-25-12-2-1-3-13-25)23-39-32-20-10-8-18-30(32)37(31-19-9-11-21-33(31)39)29-17-7-6-16-28(29)36-35(37)27-15-5-4-14-26(27)22-38-36/h1-22H,23-24H2. The molecule has 1 spiro atoms. The zero-order valence-corrected chi connectivity index (χ0v) is 22.3. The summed E-state index contributed by atoms with van der Waals surface area (Å²) in [6.07, 6.45) is 1.99. The lowest BCUT2D eigenvalue weighted by molar-refractivity contribution is -0.143. The monoisotopic (exact) mass is 530 g/mol. The topological polar surface area (TPSA) is 42.4 Å². The molecule has 2 heterocycles. The van der Waals surface area contributed by atoms with Gasteiger partial charge < -0.3 is 9.64 Å². The van der Waals surface area contributed by atoms with E-state index in [-0.39, 0.29) is 19.1 Å². The SMILES string of the molecule is O=C(CN1c2ccccc2C2(c3ccccc3-c3ncc4ccccc4c32)c2ccccc21)OCc1ccccc1. The van der Waals surface area contributed by atoms with Crippen molar-refractivity contribution in [3.8, 4) is 11.3 Å². The molecule has 0 bridgehead atoms. The van der Waals surface area contributed by atoms with Crippen molar-refractivity contribution >= 4 is 28.1 Å². The van der Waals surface area contributed by atoms with Crippen LogP contribution in [0.15, 0.2) is 134 Å². The summed E-state index contributed by atoms with van der Waals surface area (Å²) in [5.74, 6) is -0.270. The van der Waals surface area contributed by atoms with Crippen LogP contribution in [-0.2, 0) is 21.6 Å². The van der Waals surface area contributed by atoms with E-state index in [9.17, 15) is 4.79 Å². The number of carbonyl (C=O) groups excluding carboxylic acids is 1. The predicted octanol–water partition coefficient (Wildman–Crippen LogP) is 7.79. The minimum atomic E-state index is -0.586. The highest BCUT2D eigenvalue weighted by molar-refractivity contribution is 6.01.